The van der Waals surface area contributed by atoms with Crippen molar-refractivity contribution in [2.24, 2.45) is 0 Å². The van der Waals surface area contributed by atoms with Gasteiger partial charge in [0.2, 0.25) is 0 Å². The zero-order valence-corrected chi connectivity index (χ0v) is 12.1. The number of rotatable bonds is 5. The summed E-state index contributed by atoms with van der Waals surface area (Å²) in [5, 5.41) is 0. The van der Waals surface area contributed by atoms with Crippen LogP contribution >= 0.6 is 0 Å². The van der Waals surface area contributed by atoms with Gasteiger partial charge in [0.25, 0.3) is 0 Å². The normalized spacial score (nSPS) is 19.1. The maximum Gasteiger partial charge on any atom is 0.176 e. The number of hydrogen-bond donors (Lipinski definition) is 0. The van der Waals surface area contributed by atoms with E-state index in [1.54, 1.807) is 0 Å². The van der Waals surface area contributed by atoms with E-state index in [2.05, 4.69) is 11.8 Å². The highest BCUT2D eigenvalue weighted by molar-refractivity contribution is 5.97. The Labute approximate surface area is 115 Å². The Kier molecular flexibility index (Phi) is 4.72. The highest BCUT2D eigenvalue weighted by Crippen LogP contribution is 2.14. The van der Waals surface area contributed by atoms with Crippen molar-refractivity contribution in [1.29, 1.82) is 0 Å². The van der Waals surface area contributed by atoms with Crippen molar-refractivity contribution in [3.63, 3.8) is 0 Å². The van der Waals surface area contributed by atoms with Crippen LogP contribution in [0, 0.1) is 13.8 Å². The Morgan fingerprint density at radius 2 is 2.16 bits per heavy atom. The third-order valence-corrected chi connectivity index (χ3v) is 3.78. The molecule has 104 valence electrons. The fourth-order valence-corrected chi connectivity index (χ4v) is 2.45. The van der Waals surface area contributed by atoms with Crippen LogP contribution in [0.4, 0.5) is 0 Å². The summed E-state index contributed by atoms with van der Waals surface area (Å²) in [6.07, 6.45) is 2.56. The lowest BCUT2D eigenvalue weighted by atomic mass is 10.0. The first-order chi connectivity index (χ1) is 9.06. The standard InChI is InChI=1S/C16H23NO2/c1-12-6-7-14(9-13(12)2)16(18)11-17(3)10-15-5-4-8-19-15/h6-7,9,15H,4-5,8,10-11H2,1-3H3. The first-order valence-electron chi connectivity index (χ1n) is 6.97. The highest BCUT2D eigenvalue weighted by Gasteiger charge is 2.19. The van der Waals surface area contributed by atoms with E-state index >= 15 is 0 Å². The lowest BCUT2D eigenvalue weighted by Gasteiger charge is -2.19. The van der Waals surface area contributed by atoms with Gasteiger partial charge in [-0.1, -0.05) is 12.1 Å². The summed E-state index contributed by atoms with van der Waals surface area (Å²) in [5.41, 5.74) is 3.21. The van der Waals surface area contributed by atoms with Gasteiger partial charge < -0.3 is 4.74 Å². The van der Waals surface area contributed by atoms with Crippen LogP contribution < -0.4 is 0 Å². The van der Waals surface area contributed by atoms with Crippen LogP contribution in [0.25, 0.3) is 0 Å². The zero-order chi connectivity index (χ0) is 13.8. The van der Waals surface area contributed by atoms with Gasteiger partial charge in [-0.2, -0.15) is 0 Å². The summed E-state index contributed by atoms with van der Waals surface area (Å²) in [6, 6.07) is 5.92. The largest absolute Gasteiger partial charge is 0.377 e. The number of aryl methyl sites for hydroxylation is 2. The molecule has 0 radical (unpaired) electrons. The molecule has 1 aliphatic rings. The summed E-state index contributed by atoms with van der Waals surface area (Å²) < 4.78 is 5.59. The number of ether oxygens (including phenoxy) is 1. The summed E-state index contributed by atoms with van der Waals surface area (Å²) in [7, 11) is 1.99. The van der Waals surface area contributed by atoms with Gasteiger partial charge in [-0.05, 0) is 50.9 Å². The first-order valence-corrected chi connectivity index (χ1v) is 6.97. The number of Topliss-reactive ketones (excluding diaryl/α,β-unsaturated/α-hetero) is 1. The van der Waals surface area contributed by atoms with Crippen LogP contribution in [0.2, 0.25) is 0 Å². The predicted octanol–water partition coefficient (Wildman–Crippen LogP) is 2.60. The van der Waals surface area contributed by atoms with Gasteiger partial charge in [0.05, 0.1) is 12.6 Å². The van der Waals surface area contributed by atoms with E-state index in [9.17, 15) is 4.79 Å². The lowest BCUT2D eigenvalue weighted by molar-refractivity contribution is 0.0740. The smallest absolute Gasteiger partial charge is 0.176 e. The number of carbonyl (C=O) groups is 1. The molecule has 3 nitrogen and oxygen atoms in total. The second-order valence-corrected chi connectivity index (χ2v) is 5.55. The molecule has 0 N–H and O–H groups in total. The monoisotopic (exact) mass is 261 g/mol. The summed E-state index contributed by atoms with van der Waals surface area (Å²) in [4.78, 5) is 14.3. The van der Waals surface area contributed by atoms with Crippen molar-refractivity contribution < 1.29 is 9.53 Å². The molecule has 1 unspecified atom stereocenters. The molecule has 2 rings (SSSR count). The predicted molar refractivity (Wildman–Crippen MR) is 76.7 cm³/mol. The second-order valence-electron chi connectivity index (χ2n) is 5.55. The van der Waals surface area contributed by atoms with E-state index in [1.165, 1.54) is 11.1 Å². The molecule has 1 saturated heterocycles. The van der Waals surface area contributed by atoms with Gasteiger partial charge in [-0.25, -0.2) is 0 Å². The molecule has 0 aromatic heterocycles. The zero-order valence-electron chi connectivity index (χ0n) is 12.1. The fourth-order valence-electron chi connectivity index (χ4n) is 2.45. The molecule has 1 aliphatic heterocycles. The number of ketones is 1. The third kappa shape index (κ3) is 3.88. The number of nitrogens with zero attached hydrogens (tertiary/aromatic N) is 1. The molecule has 0 aliphatic carbocycles. The highest BCUT2D eigenvalue weighted by atomic mass is 16.5. The van der Waals surface area contributed by atoms with Crippen molar-refractivity contribution in [2.75, 3.05) is 26.7 Å². The molecule has 1 fully saturated rings. The van der Waals surface area contributed by atoms with Gasteiger partial charge in [-0.3, -0.25) is 9.69 Å². The minimum Gasteiger partial charge on any atom is -0.377 e. The second kappa shape index (κ2) is 6.31. The van der Waals surface area contributed by atoms with Crippen molar-refractivity contribution in [3.8, 4) is 0 Å². The molecular formula is C16H23NO2. The summed E-state index contributed by atoms with van der Waals surface area (Å²) >= 11 is 0. The van der Waals surface area contributed by atoms with E-state index in [1.807, 2.05) is 32.2 Å². The molecule has 0 spiro atoms. The molecule has 0 amide bonds. The maximum absolute atomic E-state index is 12.2. The van der Waals surface area contributed by atoms with Crippen LogP contribution in [0.3, 0.4) is 0 Å². The van der Waals surface area contributed by atoms with Crippen molar-refractivity contribution in [2.45, 2.75) is 32.8 Å². The van der Waals surface area contributed by atoms with Crippen LogP contribution in [0.15, 0.2) is 18.2 Å². The minimum atomic E-state index is 0.184. The Balaban J connectivity index is 1.90. The first kappa shape index (κ1) is 14.2. The van der Waals surface area contributed by atoms with E-state index in [0.29, 0.717) is 12.6 Å². The molecule has 1 heterocycles. The summed E-state index contributed by atoms with van der Waals surface area (Å²) in [6.45, 7) is 6.28. The molecular weight excluding hydrogens is 238 g/mol. The van der Waals surface area contributed by atoms with E-state index in [4.69, 9.17) is 4.74 Å². The Bertz CT molecular complexity index is 450. The average molecular weight is 261 g/mol. The SMILES string of the molecule is Cc1ccc(C(=O)CN(C)CC2CCCO2)cc1C. The Hall–Kier alpha value is -1.19. The van der Waals surface area contributed by atoms with Gasteiger partial charge in [0.15, 0.2) is 5.78 Å². The Morgan fingerprint density at radius 3 is 2.79 bits per heavy atom. The average Bonchev–Trinajstić information content (AvgIpc) is 2.85. The molecule has 1 aromatic carbocycles. The van der Waals surface area contributed by atoms with Crippen molar-refractivity contribution in [1.82, 2.24) is 4.90 Å². The van der Waals surface area contributed by atoms with Crippen molar-refractivity contribution in [3.05, 3.63) is 34.9 Å². The molecule has 1 atom stereocenters. The number of carbonyl (C=O) groups excluding carboxylic acids is 1. The molecule has 3 heteroatoms. The maximum atomic E-state index is 12.2. The topological polar surface area (TPSA) is 29.5 Å². The van der Waals surface area contributed by atoms with Gasteiger partial charge in [0.1, 0.15) is 0 Å². The molecule has 1 aromatic rings. The Morgan fingerprint density at radius 1 is 1.37 bits per heavy atom. The van der Waals surface area contributed by atoms with Crippen LogP contribution in [0.5, 0.6) is 0 Å². The minimum absolute atomic E-state index is 0.184. The van der Waals surface area contributed by atoms with Gasteiger partial charge >= 0.3 is 0 Å². The van der Waals surface area contributed by atoms with Gasteiger partial charge in [-0.15, -0.1) is 0 Å². The van der Waals surface area contributed by atoms with E-state index < -0.39 is 0 Å². The van der Waals surface area contributed by atoms with Crippen LogP contribution in [-0.2, 0) is 4.74 Å². The number of likely N-dealkylation sites (N-methyl/N-ethyl adjacent to an activating group) is 1. The quantitative estimate of drug-likeness (QED) is 0.763. The third-order valence-electron chi connectivity index (χ3n) is 3.78. The molecule has 0 bridgehead atoms. The van der Waals surface area contributed by atoms with Crippen LogP contribution in [0.1, 0.15) is 34.3 Å². The van der Waals surface area contributed by atoms with E-state index in [0.717, 1.165) is 31.6 Å². The molecule has 19 heavy (non-hydrogen) atoms. The van der Waals surface area contributed by atoms with Crippen LogP contribution in [-0.4, -0.2) is 43.5 Å². The molecule has 0 saturated carbocycles. The lowest BCUT2D eigenvalue weighted by Crippen LogP contribution is -2.33. The fraction of sp³-hybridized carbons (Fsp3) is 0.562. The van der Waals surface area contributed by atoms with Crippen molar-refractivity contribution >= 4 is 5.78 Å². The van der Waals surface area contributed by atoms with Gasteiger partial charge in [0, 0.05) is 18.7 Å². The number of hydrogen-bond acceptors (Lipinski definition) is 3. The van der Waals surface area contributed by atoms with E-state index in [-0.39, 0.29) is 5.78 Å². The summed E-state index contributed by atoms with van der Waals surface area (Å²) in [5.74, 6) is 0.184. The number of benzene rings is 1.